The molecular weight excluding hydrogens is 304 g/mol. The zero-order valence-electron chi connectivity index (χ0n) is 14.1. The zero-order valence-corrected chi connectivity index (χ0v) is 14.1. The van der Waals surface area contributed by atoms with Gasteiger partial charge in [0.15, 0.2) is 0 Å². The Kier molecular flexibility index (Phi) is 4.69. The first-order valence-electron chi connectivity index (χ1n) is 8.78. The summed E-state index contributed by atoms with van der Waals surface area (Å²) < 4.78 is 0. The van der Waals surface area contributed by atoms with Crippen LogP contribution in [0.15, 0.2) is 24.3 Å². The summed E-state index contributed by atoms with van der Waals surface area (Å²) in [4.78, 5) is 38.5. The fourth-order valence-electron chi connectivity index (χ4n) is 3.92. The highest BCUT2D eigenvalue weighted by Gasteiger charge is 2.51. The van der Waals surface area contributed by atoms with Crippen molar-refractivity contribution in [2.24, 2.45) is 5.41 Å². The molecule has 1 saturated heterocycles. The standard InChI is InChI=1S/C19H24N2O3/c1-2-14-8-4-5-9-15(14)20-16(22)13-21-17(23)12-19(18(21)24)10-6-3-7-11-19/h4-5,8-9H,2-3,6-7,10-13H2,1H3,(H,20,22). The molecule has 1 aromatic rings. The maximum Gasteiger partial charge on any atom is 0.244 e. The molecule has 1 aliphatic heterocycles. The van der Waals surface area contributed by atoms with Crippen molar-refractivity contribution in [2.45, 2.75) is 51.9 Å². The second kappa shape index (κ2) is 6.75. The van der Waals surface area contributed by atoms with Crippen LogP contribution in [-0.2, 0) is 20.8 Å². The minimum Gasteiger partial charge on any atom is -0.324 e. The highest BCUT2D eigenvalue weighted by Crippen LogP contribution is 2.45. The molecule has 0 radical (unpaired) electrons. The summed E-state index contributed by atoms with van der Waals surface area (Å²) in [5.74, 6) is -0.669. The molecule has 1 aromatic carbocycles. The van der Waals surface area contributed by atoms with Crippen LogP contribution in [0.5, 0.6) is 0 Å². The van der Waals surface area contributed by atoms with E-state index in [1.54, 1.807) is 0 Å². The van der Waals surface area contributed by atoms with Crippen LogP contribution in [0.25, 0.3) is 0 Å². The molecule has 3 amide bonds. The number of aryl methyl sites for hydroxylation is 1. The van der Waals surface area contributed by atoms with Gasteiger partial charge in [0, 0.05) is 12.1 Å². The third-order valence-corrected chi connectivity index (χ3v) is 5.27. The Labute approximate surface area is 142 Å². The molecule has 1 saturated carbocycles. The van der Waals surface area contributed by atoms with Gasteiger partial charge in [-0.25, -0.2) is 0 Å². The predicted octanol–water partition coefficient (Wildman–Crippen LogP) is 2.90. The molecule has 2 aliphatic rings. The van der Waals surface area contributed by atoms with E-state index in [1.807, 2.05) is 31.2 Å². The van der Waals surface area contributed by atoms with Gasteiger partial charge in [0.05, 0.1) is 5.41 Å². The van der Waals surface area contributed by atoms with Gasteiger partial charge >= 0.3 is 0 Å². The summed E-state index contributed by atoms with van der Waals surface area (Å²) in [6.07, 6.45) is 5.72. The minimum absolute atomic E-state index is 0.147. The average Bonchev–Trinajstić information content (AvgIpc) is 2.80. The average molecular weight is 328 g/mol. The van der Waals surface area contributed by atoms with Crippen LogP contribution in [0.4, 0.5) is 5.69 Å². The lowest BCUT2D eigenvalue weighted by Crippen LogP contribution is -2.41. The lowest BCUT2D eigenvalue weighted by atomic mass is 9.73. The third kappa shape index (κ3) is 3.07. The molecule has 5 heteroatoms. The van der Waals surface area contributed by atoms with Crippen molar-refractivity contribution in [3.8, 4) is 0 Å². The van der Waals surface area contributed by atoms with Crippen molar-refractivity contribution in [1.82, 2.24) is 4.90 Å². The van der Waals surface area contributed by atoms with Crippen LogP contribution >= 0.6 is 0 Å². The van der Waals surface area contributed by atoms with E-state index >= 15 is 0 Å². The summed E-state index contributed by atoms with van der Waals surface area (Å²) in [6, 6.07) is 7.58. The molecule has 0 unspecified atom stereocenters. The molecule has 24 heavy (non-hydrogen) atoms. The number of hydrogen-bond donors (Lipinski definition) is 1. The van der Waals surface area contributed by atoms with Crippen molar-refractivity contribution in [3.63, 3.8) is 0 Å². The topological polar surface area (TPSA) is 66.5 Å². The largest absolute Gasteiger partial charge is 0.324 e. The number of amides is 3. The van der Waals surface area contributed by atoms with Gasteiger partial charge in [0.1, 0.15) is 6.54 Å². The van der Waals surface area contributed by atoms with E-state index in [9.17, 15) is 14.4 Å². The van der Waals surface area contributed by atoms with Crippen molar-refractivity contribution < 1.29 is 14.4 Å². The Morgan fingerprint density at radius 3 is 2.58 bits per heavy atom. The van der Waals surface area contributed by atoms with Crippen LogP contribution in [-0.4, -0.2) is 29.2 Å². The van der Waals surface area contributed by atoms with Crippen LogP contribution in [0.2, 0.25) is 0 Å². The predicted molar refractivity (Wildman–Crippen MR) is 91.3 cm³/mol. The van der Waals surface area contributed by atoms with Crippen molar-refractivity contribution in [2.75, 3.05) is 11.9 Å². The Balaban J connectivity index is 1.68. The van der Waals surface area contributed by atoms with E-state index in [-0.39, 0.29) is 30.7 Å². The first-order valence-corrected chi connectivity index (χ1v) is 8.78. The molecule has 3 rings (SSSR count). The van der Waals surface area contributed by atoms with Crippen LogP contribution in [0.1, 0.15) is 51.0 Å². The van der Waals surface area contributed by atoms with Crippen molar-refractivity contribution in [1.29, 1.82) is 0 Å². The number of rotatable bonds is 4. The van der Waals surface area contributed by atoms with Crippen molar-refractivity contribution >= 4 is 23.4 Å². The molecule has 1 heterocycles. The molecule has 0 atom stereocenters. The second-order valence-electron chi connectivity index (χ2n) is 6.86. The van der Waals surface area contributed by atoms with Gasteiger partial charge in [0.2, 0.25) is 17.7 Å². The van der Waals surface area contributed by atoms with Gasteiger partial charge in [-0.05, 0) is 30.9 Å². The Morgan fingerprint density at radius 1 is 1.17 bits per heavy atom. The van der Waals surface area contributed by atoms with E-state index in [2.05, 4.69) is 5.32 Å². The van der Waals surface area contributed by atoms with Gasteiger partial charge in [-0.3, -0.25) is 19.3 Å². The van der Waals surface area contributed by atoms with E-state index in [4.69, 9.17) is 0 Å². The molecule has 128 valence electrons. The number of likely N-dealkylation sites (tertiary alicyclic amines) is 1. The van der Waals surface area contributed by atoms with Crippen LogP contribution in [0, 0.1) is 5.41 Å². The van der Waals surface area contributed by atoms with Crippen LogP contribution < -0.4 is 5.32 Å². The molecule has 1 spiro atoms. The first-order chi connectivity index (χ1) is 11.6. The smallest absolute Gasteiger partial charge is 0.244 e. The zero-order chi connectivity index (χ0) is 17.2. The fraction of sp³-hybridized carbons (Fsp3) is 0.526. The summed E-state index contributed by atoms with van der Waals surface area (Å²) in [6.45, 7) is 1.84. The molecule has 0 aromatic heterocycles. The Bertz CT molecular complexity index is 662. The highest BCUT2D eigenvalue weighted by atomic mass is 16.2. The maximum absolute atomic E-state index is 12.7. The monoisotopic (exact) mass is 328 g/mol. The number of benzene rings is 1. The van der Waals surface area contributed by atoms with Gasteiger partial charge in [-0.1, -0.05) is 44.4 Å². The summed E-state index contributed by atoms with van der Waals surface area (Å²) in [5, 5.41) is 2.84. The SMILES string of the molecule is CCc1ccccc1NC(=O)CN1C(=O)CC2(CCCCC2)C1=O. The highest BCUT2D eigenvalue weighted by molar-refractivity contribution is 6.09. The maximum atomic E-state index is 12.7. The number of nitrogens with zero attached hydrogens (tertiary/aromatic N) is 1. The number of hydrogen-bond acceptors (Lipinski definition) is 3. The normalized spacial score (nSPS) is 19.8. The van der Waals surface area contributed by atoms with Crippen molar-refractivity contribution in [3.05, 3.63) is 29.8 Å². The number of carbonyl (C=O) groups is 3. The number of carbonyl (C=O) groups excluding carboxylic acids is 3. The van der Waals surface area contributed by atoms with Gasteiger partial charge in [-0.15, -0.1) is 0 Å². The van der Waals surface area contributed by atoms with Gasteiger partial charge < -0.3 is 5.32 Å². The number of para-hydroxylation sites is 1. The summed E-state index contributed by atoms with van der Waals surface area (Å²) >= 11 is 0. The third-order valence-electron chi connectivity index (χ3n) is 5.27. The molecule has 0 bridgehead atoms. The Morgan fingerprint density at radius 2 is 1.88 bits per heavy atom. The molecular formula is C19H24N2O3. The van der Waals surface area contributed by atoms with E-state index in [0.29, 0.717) is 0 Å². The number of anilines is 1. The van der Waals surface area contributed by atoms with Gasteiger partial charge in [0.25, 0.3) is 0 Å². The molecule has 1 aliphatic carbocycles. The summed E-state index contributed by atoms with van der Waals surface area (Å²) in [5.41, 5.74) is 1.25. The van der Waals surface area contributed by atoms with Crippen LogP contribution in [0.3, 0.4) is 0 Å². The Hall–Kier alpha value is -2.17. The molecule has 5 nitrogen and oxygen atoms in total. The number of imide groups is 1. The van der Waals surface area contributed by atoms with E-state index in [1.165, 1.54) is 0 Å². The quantitative estimate of drug-likeness (QED) is 0.864. The lowest BCUT2D eigenvalue weighted by Gasteiger charge is -2.30. The van der Waals surface area contributed by atoms with E-state index < -0.39 is 5.41 Å². The molecule has 2 fully saturated rings. The first kappa shape index (κ1) is 16.7. The fourth-order valence-corrected chi connectivity index (χ4v) is 3.92. The second-order valence-corrected chi connectivity index (χ2v) is 6.86. The lowest BCUT2D eigenvalue weighted by molar-refractivity contribution is -0.144. The van der Waals surface area contributed by atoms with E-state index in [0.717, 1.165) is 54.7 Å². The van der Waals surface area contributed by atoms with Gasteiger partial charge in [-0.2, -0.15) is 0 Å². The number of nitrogens with one attached hydrogen (secondary N) is 1. The molecule has 1 N–H and O–H groups in total. The minimum atomic E-state index is -0.531. The summed E-state index contributed by atoms with van der Waals surface area (Å²) in [7, 11) is 0.